The fourth-order valence-electron chi connectivity index (χ4n) is 4.58. The number of carbonyl (C=O) groups is 3. The Morgan fingerprint density at radius 3 is 2.26 bits per heavy atom. The first-order valence-corrected chi connectivity index (χ1v) is 13.2. The fourth-order valence-corrected chi connectivity index (χ4v) is 4.83. The molecule has 8 heteroatoms. The van der Waals surface area contributed by atoms with Crippen LogP contribution in [0.1, 0.15) is 28.1 Å². The number of nitrogens with zero attached hydrogens (tertiary/aromatic N) is 2. The van der Waals surface area contributed by atoms with Crippen molar-refractivity contribution < 1.29 is 19.1 Å². The number of halogens is 1. The molecule has 3 aromatic carbocycles. The highest BCUT2D eigenvalue weighted by atomic mass is 79.9. The number of hydrogen-bond acceptors (Lipinski definition) is 4. The quantitative estimate of drug-likeness (QED) is 0.210. The average Bonchev–Trinajstić information content (AvgIpc) is 3.20. The molecular weight excluding hydrogens is 558 g/mol. The van der Waals surface area contributed by atoms with Crippen molar-refractivity contribution in [3.05, 3.63) is 117 Å². The Balaban J connectivity index is 1.41. The van der Waals surface area contributed by atoms with E-state index >= 15 is 0 Å². The van der Waals surface area contributed by atoms with Crippen LogP contribution in [0.4, 0.5) is 10.5 Å². The van der Waals surface area contributed by atoms with Crippen LogP contribution >= 0.6 is 15.9 Å². The molecule has 1 aliphatic rings. The van der Waals surface area contributed by atoms with Crippen LogP contribution in [0.5, 0.6) is 5.75 Å². The van der Waals surface area contributed by atoms with Crippen LogP contribution in [-0.2, 0) is 16.2 Å². The summed E-state index contributed by atoms with van der Waals surface area (Å²) in [5, 5.41) is 2.29. The second-order valence-corrected chi connectivity index (χ2v) is 10.2. The lowest BCUT2D eigenvalue weighted by Gasteiger charge is -2.26. The van der Waals surface area contributed by atoms with E-state index in [9.17, 15) is 14.4 Å². The number of carbonyl (C=O) groups excluding carboxylic acids is 3. The first-order valence-electron chi connectivity index (χ1n) is 12.4. The highest BCUT2D eigenvalue weighted by Gasteiger charge is 2.37. The Bertz CT molecular complexity index is 1620. The highest BCUT2D eigenvalue weighted by molar-refractivity contribution is 9.10. The van der Waals surface area contributed by atoms with Gasteiger partial charge in [-0.15, -0.1) is 0 Å². The first-order chi connectivity index (χ1) is 18.7. The van der Waals surface area contributed by atoms with Gasteiger partial charge in [0.05, 0.1) is 5.69 Å². The highest BCUT2D eigenvalue weighted by Crippen LogP contribution is 2.28. The molecule has 1 aromatic heterocycles. The van der Waals surface area contributed by atoms with Crippen LogP contribution in [0.2, 0.25) is 0 Å². The van der Waals surface area contributed by atoms with E-state index in [1.807, 2.05) is 86.0 Å². The summed E-state index contributed by atoms with van der Waals surface area (Å²) in [6, 6.07) is 24.0. The van der Waals surface area contributed by atoms with Gasteiger partial charge in [-0.1, -0.05) is 46.3 Å². The molecule has 39 heavy (non-hydrogen) atoms. The van der Waals surface area contributed by atoms with E-state index in [2.05, 4.69) is 21.2 Å². The molecule has 7 nitrogen and oxygen atoms in total. The number of urea groups is 1. The number of amides is 4. The van der Waals surface area contributed by atoms with Crippen molar-refractivity contribution in [2.45, 2.75) is 27.4 Å². The summed E-state index contributed by atoms with van der Waals surface area (Å²) >= 11 is 3.43. The molecule has 0 radical (unpaired) electrons. The minimum absolute atomic E-state index is 0.111. The summed E-state index contributed by atoms with van der Waals surface area (Å²) in [5.41, 5.74) is 5.62. The minimum Gasteiger partial charge on any atom is -0.489 e. The van der Waals surface area contributed by atoms with Crippen molar-refractivity contribution in [2.24, 2.45) is 0 Å². The standard InChI is InChI=1S/C31H26BrN3O4/c1-19-15-25(11-14-28(19)32)35-30(37)27(29(36)33-31(35)38)17-23-16-20(2)34(21(23)3)24-9-12-26(13-10-24)39-18-22-7-5-4-6-8-22/h4-17H,18H2,1-3H3,(H,33,36,38)/b27-17+. The summed E-state index contributed by atoms with van der Waals surface area (Å²) in [5.74, 6) is -0.639. The lowest BCUT2D eigenvalue weighted by molar-refractivity contribution is -0.122. The predicted molar refractivity (Wildman–Crippen MR) is 154 cm³/mol. The van der Waals surface area contributed by atoms with Gasteiger partial charge in [-0.3, -0.25) is 14.9 Å². The van der Waals surface area contributed by atoms with E-state index in [0.717, 1.165) is 43.3 Å². The molecule has 0 saturated carbocycles. The number of benzene rings is 3. The maximum Gasteiger partial charge on any atom is 0.335 e. The van der Waals surface area contributed by atoms with Gasteiger partial charge in [0, 0.05) is 21.5 Å². The largest absolute Gasteiger partial charge is 0.489 e. The van der Waals surface area contributed by atoms with E-state index < -0.39 is 17.8 Å². The van der Waals surface area contributed by atoms with Crippen molar-refractivity contribution in [1.29, 1.82) is 0 Å². The maximum absolute atomic E-state index is 13.4. The lowest BCUT2D eigenvalue weighted by atomic mass is 10.1. The van der Waals surface area contributed by atoms with Crippen molar-refractivity contribution in [3.63, 3.8) is 0 Å². The molecule has 196 valence electrons. The Labute approximate surface area is 234 Å². The Kier molecular flexibility index (Phi) is 7.21. The van der Waals surface area contributed by atoms with Gasteiger partial charge >= 0.3 is 6.03 Å². The van der Waals surface area contributed by atoms with Crippen LogP contribution in [0, 0.1) is 20.8 Å². The second kappa shape index (κ2) is 10.7. The van der Waals surface area contributed by atoms with Gasteiger partial charge in [0.1, 0.15) is 17.9 Å². The smallest absolute Gasteiger partial charge is 0.335 e. The van der Waals surface area contributed by atoms with Crippen LogP contribution in [0.25, 0.3) is 11.8 Å². The van der Waals surface area contributed by atoms with Gasteiger partial charge < -0.3 is 9.30 Å². The third kappa shape index (κ3) is 5.28. The number of rotatable bonds is 6. The molecule has 2 heterocycles. The summed E-state index contributed by atoms with van der Waals surface area (Å²) < 4.78 is 8.80. The summed E-state index contributed by atoms with van der Waals surface area (Å²) in [6.07, 6.45) is 1.54. The third-order valence-corrected chi connectivity index (χ3v) is 7.50. The van der Waals surface area contributed by atoms with E-state index in [0.29, 0.717) is 17.9 Å². The Morgan fingerprint density at radius 2 is 1.56 bits per heavy atom. The normalized spacial score (nSPS) is 14.6. The van der Waals surface area contributed by atoms with Gasteiger partial charge in [0.25, 0.3) is 11.8 Å². The summed E-state index contributed by atoms with van der Waals surface area (Å²) in [7, 11) is 0. The summed E-state index contributed by atoms with van der Waals surface area (Å²) in [6.45, 7) is 6.22. The molecule has 1 fully saturated rings. The zero-order valence-electron chi connectivity index (χ0n) is 21.7. The van der Waals surface area contributed by atoms with E-state index in [1.54, 1.807) is 24.3 Å². The molecule has 0 aliphatic carbocycles. The molecule has 1 saturated heterocycles. The van der Waals surface area contributed by atoms with Gasteiger partial charge in [-0.05, 0) is 92.1 Å². The molecule has 1 N–H and O–H groups in total. The monoisotopic (exact) mass is 583 g/mol. The van der Waals surface area contributed by atoms with Crippen molar-refractivity contribution in [3.8, 4) is 11.4 Å². The van der Waals surface area contributed by atoms with Crippen molar-refractivity contribution in [2.75, 3.05) is 4.90 Å². The third-order valence-electron chi connectivity index (χ3n) is 6.61. The number of barbiturate groups is 1. The zero-order valence-corrected chi connectivity index (χ0v) is 23.3. The average molecular weight is 584 g/mol. The van der Waals surface area contributed by atoms with Crippen molar-refractivity contribution >= 4 is 45.5 Å². The number of aromatic nitrogens is 1. The van der Waals surface area contributed by atoms with Crippen LogP contribution < -0.4 is 15.0 Å². The van der Waals surface area contributed by atoms with E-state index in [-0.39, 0.29) is 5.57 Å². The molecule has 4 aromatic rings. The lowest BCUT2D eigenvalue weighted by Crippen LogP contribution is -2.54. The fraction of sp³-hybridized carbons (Fsp3) is 0.129. The van der Waals surface area contributed by atoms with E-state index in [1.165, 1.54) is 0 Å². The van der Waals surface area contributed by atoms with Gasteiger partial charge in [0.15, 0.2) is 0 Å². The minimum atomic E-state index is -0.774. The molecule has 0 atom stereocenters. The van der Waals surface area contributed by atoms with Gasteiger partial charge in [0.2, 0.25) is 0 Å². The molecule has 4 amide bonds. The van der Waals surface area contributed by atoms with E-state index in [4.69, 9.17) is 4.74 Å². The number of aryl methyl sites for hydroxylation is 2. The molecule has 0 bridgehead atoms. The molecule has 1 aliphatic heterocycles. The maximum atomic E-state index is 13.4. The number of anilines is 1. The number of imide groups is 2. The van der Waals surface area contributed by atoms with Gasteiger partial charge in [-0.2, -0.15) is 0 Å². The van der Waals surface area contributed by atoms with Crippen LogP contribution in [0.3, 0.4) is 0 Å². The molecular formula is C31H26BrN3O4. The topological polar surface area (TPSA) is 80.6 Å². The second-order valence-electron chi connectivity index (χ2n) is 9.32. The first kappa shape index (κ1) is 26.2. The zero-order chi connectivity index (χ0) is 27.7. The molecule has 5 rings (SSSR count). The van der Waals surface area contributed by atoms with Crippen LogP contribution in [0.15, 0.2) is 88.9 Å². The summed E-state index contributed by atoms with van der Waals surface area (Å²) in [4.78, 5) is 39.7. The number of ether oxygens (including phenoxy) is 1. The van der Waals surface area contributed by atoms with Gasteiger partial charge in [-0.25, -0.2) is 9.69 Å². The number of hydrogen-bond donors (Lipinski definition) is 1. The molecule has 0 unspecified atom stereocenters. The predicted octanol–water partition coefficient (Wildman–Crippen LogP) is 6.41. The Hall–Kier alpha value is -4.43. The molecule has 0 spiro atoms. The van der Waals surface area contributed by atoms with Crippen LogP contribution in [-0.4, -0.2) is 22.4 Å². The number of nitrogens with one attached hydrogen (secondary N) is 1. The van der Waals surface area contributed by atoms with Crippen molar-refractivity contribution in [1.82, 2.24) is 9.88 Å². The SMILES string of the molecule is Cc1cc(N2C(=O)NC(=O)/C(=C\c3cc(C)n(-c4ccc(OCc5ccccc5)cc4)c3C)C2=O)ccc1Br. The Morgan fingerprint density at radius 1 is 0.872 bits per heavy atom.